The summed E-state index contributed by atoms with van der Waals surface area (Å²) in [5.41, 5.74) is 0. The molecular weight excluding hydrogens is 180 g/mol. The zero-order chi connectivity index (χ0) is 28.4. The molecule has 0 unspecified atom stereocenters. The normalized spacial score (nSPS) is 49.0. The van der Waals surface area contributed by atoms with Gasteiger partial charge >= 0.3 is 0 Å². The van der Waals surface area contributed by atoms with Crippen LogP contribution in [0.2, 0.25) is 0 Å². The summed E-state index contributed by atoms with van der Waals surface area (Å²) in [5, 5.41) is 21.4. The molecule has 0 spiro atoms. The number of aliphatic hydroxyl groups is 2. The average molecular weight is 224 g/mol. The molecule has 0 aromatic carbocycles. The summed E-state index contributed by atoms with van der Waals surface area (Å²) >= 11 is 0. The van der Waals surface area contributed by atoms with Gasteiger partial charge in [-0.15, -0.1) is 0 Å². The lowest BCUT2D eigenvalue weighted by Gasteiger charge is -2.17. The first-order valence-corrected chi connectivity index (χ1v) is 3.20. The fourth-order valence-electron chi connectivity index (χ4n) is 0.362. The van der Waals surface area contributed by atoms with Crippen molar-refractivity contribution in [2.45, 2.75) is 38.5 Å². The third-order valence-corrected chi connectivity index (χ3v) is 0.911. The van der Waals surface area contributed by atoms with E-state index in [0.29, 0.717) is 0 Å². The van der Waals surface area contributed by atoms with Crippen LogP contribution in [0.4, 0.5) is 0 Å². The molecule has 14 heavy (non-hydrogen) atoms. The van der Waals surface area contributed by atoms with Gasteiger partial charge in [-0.2, -0.15) is 0 Å². The van der Waals surface area contributed by atoms with Gasteiger partial charge in [0.15, 0.2) is 0 Å². The largest absolute Gasteiger partial charge is 0.395 e. The molecule has 0 aromatic rings. The van der Waals surface area contributed by atoms with E-state index in [-0.39, 0.29) is 0 Å². The molecule has 0 saturated carbocycles. The highest BCUT2D eigenvalue weighted by atomic mass is 16.3. The Morgan fingerprint density at radius 3 is 1.86 bits per heavy atom. The lowest BCUT2D eigenvalue weighted by Crippen LogP contribution is -2.40. The van der Waals surface area contributed by atoms with Gasteiger partial charge in [0.2, 0.25) is 0 Å². The van der Waals surface area contributed by atoms with Crippen LogP contribution in [-0.4, -0.2) is 48.4 Å². The predicted octanol–water partition coefficient (Wildman–Crippen LogP) is -0.293. The van der Waals surface area contributed by atoms with E-state index in [1.807, 2.05) is 0 Å². The average Bonchev–Trinajstić information content (AvgIpc) is 2.48. The van der Waals surface area contributed by atoms with Crippen molar-refractivity contribution in [3.63, 3.8) is 0 Å². The molecule has 0 amide bonds. The number of rotatable bonds is 9. The number of hydrogen-bond acceptors (Lipinski definition) is 4. The molecule has 0 aliphatic rings. The minimum atomic E-state index is -4.24. The zero-order valence-electron chi connectivity index (χ0n) is 26.9. The van der Waals surface area contributed by atoms with Gasteiger partial charge in [-0.1, -0.05) is 13.7 Å². The second kappa shape index (κ2) is 9.40. The van der Waals surface area contributed by atoms with Crippen molar-refractivity contribution in [2.75, 3.05) is 26.1 Å². The molecule has 0 aromatic heterocycles. The molecule has 4 nitrogen and oxygen atoms in total. The van der Waals surface area contributed by atoms with Gasteiger partial charge in [0.1, 0.15) is 0 Å². The van der Waals surface area contributed by atoms with Crippen LogP contribution in [0.1, 0.15) is 53.9 Å². The molecule has 0 rings (SSSR count). The van der Waals surface area contributed by atoms with E-state index in [2.05, 4.69) is 0 Å². The van der Waals surface area contributed by atoms with Crippen molar-refractivity contribution < 1.29 is 37.6 Å². The van der Waals surface area contributed by atoms with Gasteiger partial charge < -0.3 is 20.8 Å². The maximum atomic E-state index is 9.67. The molecule has 0 saturated heterocycles. The van der Waals surface area contributed by atoms with Crippen LogP contribution in [0.25, 0.3) is 0 Å². The zero-order valence-corrected chi connectivity index (χ0v) is 6.89. The summed E-state index contributed by atoms with van der Waals surface area (Å²) in [7, 11) is 0. The third-order valence-electron chi connectivity index (χ3n) is 0.911. The van der Waals surface area contributed by atoms with Crippen LogP contribution in [-0.2, 0) is 0 Å². The maximum Gasteiger partial charge on any atom is 0.0584 e. The molecule has 2 atom stereocenters. The van der Waals surface area contributed by atoms with Crippen molar-refractivity contribution in [1.82, 2.24) is 10.6 Å². The van der Waals surface area contributed by atoms with Gasteiger partial charge in [-0.3, -0.25) is 0 Å². The minimum Gasteiger partial charge on any atom is -0.395 e. The Bertz CT molecular complexity index is 672. The highest BCUT2D eigenvalue weighted by Gasteiger charge is 2.04. The first kappa shape index (κ1) is 2.12. The predicted molar refractivity (Wildman–Crippen MR) is 58.3 cm³/mol. The van der Waals surface area contributed by atoms with Gasteiger partial charge in [-0.05, 0) is 12.7 Å². The van der Waals surface area contributed by atoms with Crippen LogP contribution in [0.3, 0.4) is 0 Å². The SMILES string of the molecule is [2H]C([2H])([2H])C([2H])([2H])[C@@]([2H])(NC([2H])([2H])C([2H])([2H])N[C@@]([2H])(C([2H])([2H])O)C([2H])([2H])C([2H])([2H])[2H])C([2H])([2H])O. The van der Waals surface area contributed by atoms with Gasteiger partial charge in [-0.25, -0.2) is 0 Å². The topological polar surface area (TPSA) is 64.5 Å². The van der Waals surface area contributed by atoms with Crippen molar-refractivity contribution >= 4 is 0 Å². The molecule has 4 N–H and O–H groups in total. The van der Waals surface area contributed by atoms with E-state index in [1.165, 1.54) is 0 Å². The molecule has 0 bridgehead atoms. The van der Waals surface area contributed by atoms with E-state index in [1.54, 1.807) is 0 Å². The fraction of sp³-hybridized carbons (Fsp3) is 1.00. The quantitative estimate of drug-likeness (QED) is 0.434. The van der Waals surface area contributed by atoms with E-state index in [0.717, 1.165) is 10.6 Å². The first-order valence-electron chi connectivity index (χ1n) is 13.2. The molecule has 0 fully saturated rings. The first-order chi connectivity index (χ1) is 14.2. The summed E-state index contributed by atoms with van der Waals surface area (Å²) in [6.45, 7) is -24.7. The Balaban J connectivity index is 6.83. The Kier molecular flexibility index (Phi) is 1.42. The van der Waals surface area contributed by atoms with Crippen LogP contribution in [0.15, 0.2) is 0 Å². The molecule has 0 heterocycles. The smallest absolute Gasteiger partial charge is 0.0584 e. The Morgan fingerprint density at radius 1 is 1.14 bits per heavy atom. The van der Waals surface area contributed by atoms with E-state index in [4.69, 9.17) is 27.4 Å². The Morgan fingerprint density at radius 2 is 1.57 bits per heavy atom. The van der Waals surface area contributed by atoms with Crippen molar-refractivity contribution in [3.05, 3.63) is 0 Å². The number of hydrogen-bond donors (Lipinski definition) is 4. The summed E-state index contributed by atoms with van der Waals surface area (Å²) in [5.74, 6) is 0. The maximum absolute atomic E-state index is 9.67. The van der Waals surface area contributed by atoms with Gasteiger partial charge in [0.05, 0.1) is 18.6 Å². The molecular formula is C10H24N2O2. The van der Waals surface area contributed by atoms with Crippen LogP contribution < -0.4 is 10.6 Å². The lowest BCUT2D eigenvalue weighted by atomic mass is 10.2. The van der Waals surface area contributed by atoms with Crippen molar-refractivity contribution in [2.24, 2.45) is 0 Å². The van der Waals surface area contributed by atoms with Gasteiger partial charge in [0, 0.05) is 47.0 Å². The highest BCUT2D eigenvalue weighted by Crippen LogP contribution is 1.89. The highest BCUT2D eigenvalue weighted by molar-refractivity contribution is 4.67. The summed E-state index contributed by atoms with van der Waals surface area (Å²) < 4.78 is 150. The fourth-order valence-corrected chi connectivity index (χ4v) is 0.362. The molecule has 0 aliphatic carbocycles. The molecule has 0 radical (unpaired) electrons. The molecule has 86 valence electrons. The Labute approximate surface area is 115 Å². The van der Waals surface area contributed by atoms with Crippen molar-refractivity contribution in [3.8, 4) is 0 Å². The minimum absolute atomic E-state index is 1.01. The van der Waals surface area contributed by atoms with Gasteiger partial charge in [0.25, 0.3) is 0 Å². The van der Waals surface area contributed by atoms with Crippen LogP contribution >= 0.6 is 0 Å². The van der Waals surface area contributed by atoms with Crippen LogP contribution in [0.5, 0.6) is 0 Å². The van der Waals surface area contributed by atoms with Crippen LogP contribution in [0, 0.1) is 0 Å². The van der Waals surface area contributed by atoms with Crippen molar-refractivity contribution in [1.29, 1.82) is 0 Å². The molecule has 4 heteroatoms. The summed E-state index contributed by atoms with van der Waals surface area (Å²) in [6.07, 6.45) is -8.31. The monoisotopic (exact) mass is 224 g/mol. The second-order valence-corrected chi connectivity index (χ2v) is 1.72. The Hall–Kier alpha value is -0.160. The third kappa shape index (κ3) is 6.32. The van der Waals surface area contributed by atoms with E-state index >= 15 is 0 Å². The lowest BCUT2D eigenvalue weighted by molar-refractivity contribution is 0.229. The number of nitrogens with one attached hydrogen (secondary N) is 2. The summed E-state index contributed by atoms with van der Waals surface area (Å²) in [6, 6.07) is -8.48. The second-order valence-electron chi connectivity index (χ2n) is 1.72. The molecule has 0 aliphatic heterocycles. The van der Waals surface area contributed by atoms with E-state index < -0.39 is 64.6 Å². The summed E-state index contributed by atoms with van der Waals surface area (Å²) in [4.78, 5) is 0. The standard InChI is InChI=1S/C10H24N2O2/c1-3-9(7-13)11-5-6-12-10(4-2)8-14/h9-14H,3-8H2,1-2H3/t9-,10-/m1/s1/i1D3,2D3,3D2,4D2,5D2,6D2,7D2,8D2,9D,10D. The van der Waals surface area contributed by atoms with E-state index in [9.17, 15) is 10.2 Å².